The first kappa shape index (κ1) is 11.4. The fourth-order valence-electron chi connectivity index (χ4n) is 1.92. The van der Waals surface area contributed by atoms with Gasteiger partial charge in [0.15, 0.2) is 0 Å². The molecule has 0 radical (unpaired) electrons. The number of hydrogen-bond donors (Lipinski definition) is 0. The normalized spacial score (nSPS) is 16.9. The molecule has 0 saturated heterocycles. The Morgan fingerprint density at radius 3 is 1.88 bits per heavy atom. The van der Waals surface area contributed by atoms with E-state index in [0.29, 0.717) is 0 Å². The quantitative estimate of drug-likeness (QED) is 0.719. The molecule has 0 unspecified atom stereocenters. The van der Waals surface area contributed by atoms with Crippen molar-refractivity contribution >= 4 is 22.7 Å². The van der Waals surface area contributed by atoms with Crippen LogP contribution in [-0.2, 0) is 22.7 Å². The highest BCUT2D eigenvalue weighted by Gasteiger charge is 2.13. The van der Waals surface area contributed by atoms with Gasteiger partial charge in [-0.05, 0) is 40.4 Å². The third kappa shape index (κ3) is 2.45. The molecule has 2 nitrogen and oxygen atoms in total. The van der Waals surface area contributed by atoms with Gasteiger partial charge in [-0.1, -0.05) is 0 Å². The lowest BCUT2D eigenvalue weighted by molar-refractivity contribution is 0.0708. The van der Waals surface area contributed by atoms with E-state index in [1.807, 2.05) is 0 Å². The number of rotatable bonds is 0. The summed E-state index contributed by atoms with van der Waals surface area (Å²) in [6.45, 7) is 3.00. The predicted molar refractivity (Wildman–Crippen MR) is 71.6 cm³/mol. The lowest BCUT2D eigenvalue weighted by atomic mass is 10.2. The van der Waals surface area contributed by atoms with Crippen LogP contribution in [-0.4, -0.2) is 13.2 Å². The summed E-state index contributed by atoms with van der Waals surface area (Å²) in [5.41, 5.74) is 2.61. The Morgan fingerprint density at radius 2 is 1.35 bits per heavy atom. The fraction of sp³-hybridized carbons (Fsp3) is 0.385. The summed E-state index contributed by atoms with van der Waals surface area (Å²) < 4.78 is 11.3. The van der Waals surface area contributed by atoms with E-state index < -0.39 is 0 Å². The molecule has 0 aliphatic carbocycles. The Morgan fingerprint density at radius 1 is 0.824 bits per heavy atom. The largest absolute Gasteiger partial charge is 0.377 e. The second-order valence-corrected chi connectivity index (χ2v) is 5.84. The standard InChI is InChI=1S/C13H14O2S2/c1-4-14-8-10-2-6-16-12(10)13-11(3-7-17-13)9-15-5-1/h2-3,6-7H,1,4-5,8-9H2. The van der Waals surface area contributed by atoms with Gasteiger partial charge in [0.05, 0.1) is 23.0 Å². The van der Waals surface area contributed by atoms with Gasteiger partial charge in [-0.25, -0.2) is 0 Å². The van der Waals surface area contributed by atoms with E-state index in [-0.39, 0.29) is 0 Å². The number of ether oxygens (including phenoxy) is 2. The minimum Gasteiger partial charge on any atom is -0.377 e. The van der Waals surface area contributed by atoms with Crippen LogP contribution in [0.15, 0.2) is 22.9 Å². The second kappa shape index (κ2) is 5.31. The van der Waals surface area contributed by atoms with Crippen LogP contribution in [0.25, 0.3) is 9.75 Å². The zero-order chi connectivity index (χ0) is 11.5. The average Bonchev–Trinajstić information content (AvgIpc) is 2.95. The zero-order valence-corrected chi connectivity index (χ0v) is 11.1. The van der Waals surface area contributed by atoms with Crippen LogP contribution < -0.4 is 0 Å². The van der Waals surface area contributed by atoms with Crippen molar-refractivity contribution in [2.75, 3.05) is 13.2 Å². The van der Waals surface area contributed by atoms with Crippen molar-refractivity contribution in [2.45, 2.75) is 19.6 Å². The van der Waals surface area contributed by atoms with Crippen LogP contribution in [0.1, 0.15) is 17.5 Å². The lowest BCUT2D eigenvalue weighted by Crippen LogP contribution is -2.00. The molecule has 90 valence electrons. The van der Waals surface area contributed by atoms with Gasteiger partial charge in [-0.15, -0.1) is 22.7 Å². The van der Waals surface area contributed by atoms with E-state index >= 15 is 0 Å². The molecule has 17 heavy (non-hydrogen) atoms. The summed E-state index contributed by atoms with van der Waals surface area (Å²) in [6.07, 6.45) is 0.971. The van der Waals surface area contributed by atoms with Crippen molar-refractivity contribution in [1.29, 1.82) is 0 Å². The predicted octanol–water partition coefficient (Wildman–Crippen LogP) is 3.91. The van der Waals surface area contributed by atoms with E-state index in [1.165, 1.54) is 20.9 Å². The molecule has 0 bridgehead atoms. The van der Waals surface area contributed by atoms with Gasteiger partial charge < -0.3 is 9.47 Å². The molecule has 2 aromatic heterocycles. The molecule has 1 aliphatic rings. The van der Waals surface area contributed by atoms with Crippen molar-refractivity contribution in [3.05, 3.63) is 34.0 Å². The molecule has 3 rings (SSSR count). The molecular formula is C13H14O2S2. The summed E-state index contributed by atoms with van der Waals surface area (Å²) in [7, 11) is 0. The van der Waals surface area contributed by atoms with Crippen LogP contribution >= 0.6 is 22.7 Å². The average molecular weight is 266 g/mol. The van der Waals surface area contributed by atoms with Gasteiger partial charge in [0.25, 0.3) is 0 Å². The second-order valence-electron chi connectivity index (χ2n) is 4.01. The summed E-state index contributed by atoms with van der Waals surface area (Å²) >= 11 is 3.59. The van der Waals surface area contributed by atoms with Gasteiger partial charge >= 0.3 is 0 Å². The van der Waals surface area contributed by atoms with Gasteiger partial charge in [0.2, 0.25) is 0 Å². The molecule has 0 atom stereocenters. The van der Waals surface area contributed by atoms with Crippen LogP contribution in [0, 0.1) is 0 Å². The van der Waals surface area contributed by atoms with Crippen molar-refractivity contribution in [3.63, 3.8) is 0 Å². The topological polar surface area (TPSA) is 18.5 Å². The molecule has 0 aromatic carbocycles. The Hall–Kier alpha value is -0.680. The van der Waals surface area contributed by atoms with E-state index in [2.05, 4.69) is 22.9 Å². The number of thiophene rings is 2. The zero-order valence-electron chi connectivity index (χ0n) is 9.48. The third-order valence-electron chi connectivity index (χ3n) is 2.79. The molecular weight excluding hydrogens is 252 g/mol. The summed E-state index contributed by atoms with van der Waals surface area (Å²) in [5.74, 6) is 0. The number of fused-ring (bicyclic) bond motifs is 3. The monoisotopic (exact) mass is 266 g/mol. The van der Waals surface area contributed by atoms with Gasteiger partial charge in [0.1, 0.15) is 0 Å². The summed E-state index contributed by atoms with van der Waals surface area (Å²) in [6, 6.07) is 4.34. The van der Waals surface area contributed by atoms with Crippen molar-refractivity contribution in [2.24, 2.45) is 0 Å². The number of hydrogen-bond acceptors (Lipinski definition) is 4. The maximum absolute atomic E-state index is 5.67. The van der Waals surface area contributed by atoms with E-state index in [9.17, 15) is 0 Å². The van der Waals surface area contributed by atoms with E-state index in [4.69, 9.17) is 9.47 Å². The molecule has 3 heterocycles. The molecule has 0 saturated carbocycles. The Balaban J connectivity index is 1.99. The highest BCUT2D eigenvalue weighted by molar-refractivity contribution is 7.20. The Bertz CT molecular complexity index is 443. The maximum atomic E-state index is 5.67. The molecule has 0 spiro atoms. The first-order chi connectivity index (χ1) is 8.45. The molecule has 1 aliphatic heterocycles. The van der Waals surface area contributed by atoms with Gasteiger partial charge in [-0.3, -0.25) is 0 Å². The van der Waals surface area contributed by atoms with Crippen LogP contribution in [0.3, 0.4) is 0 Å². The molecule has 0 fully saturated rings. The van der Waals surface area contributed by atoms with E-state index in [0.717, 1.165) is 32.8 Å². The molecule has 0 amide bonds. The fourth-order valence-corrected chi connectivity index (χ4v) is 3.98. The maximum Gasteiger partial charge on any atom is 0.0731 e. The summed E-state index contributed by atoms with van der Waals surface area (Å²) in [4.78, 5) is 2.70. The van der Waals surface area contributed by atoms with Gasteiger partial charge in [-0.2, -0.15) is 0 Å². The smallest absolute Gasteiger partial charge is 0.0731 e. The molecule has 4 heteroatoms. The van der Waals surface area contributed by atoms with Crippen LogP contribution in [0.5, 0.6) is 0 Å². The SMILES string of the molecule is c1cc2c(s1)-c1sccc1COCCCOC2. The highest BCUT2D eigenvalue weighted by atomic mass is 32.1. The van der Waals surface area contributed by atoms with Crippen LogP contribution in [0.2, 0.25) is 0 Å². The van der Waals surface area contributed by atoms with Crippen molar-refractivity contribution in [1.82, 2.24) is 0 Å². The van der Waals surface area contributed by atoms with Crippen molar-refractivity contribution < 1.29 is 9.47 Å². The summed E-state index contributed by atoms with van der Waals surface area (Å²) in [5, 5.41) is 4.29. The third-order valence-corrected chi connectivity index (χ3v) is 4.87. The molecule has 2 aromatic rings. The van der Waals surface area contributed by atoms with Crippen LogP contribution in [0.4, 0.5) is 0 Å². The van der Waals surface area contributed by atoms with Crippen molar-refractivity contribution in [3.8, 4) is 9.75 Å². The first-order valence-electron chi connectivity index (χ1n) is 5.74. The minimum absolute atomic E-state index is 0.718. The molecule has 0 N–H and O–H groups in total. The van der Waals surface area contributed by atoms with E-state index in [1.54, 1.807) is 22.7 Å². The first-order valence-corrected chi connectivity index (χ1v) is 7.49. The minimum atomic E-state index is 0.718. The highest BCUT2D eigenvalue weighted by Crippen LogP contribution is 2.37. The Kier molecular flexibility index (Phi) is 3.57. The Labute approximate surface area is 109 Å². The lowest BCUT2D eigenvalue weighted by Gasteiger charge is -2.04. The van der Waals surface area contributed by atoms with Gasteiger partial charge in [0, 0.05) is 13.2 Å².